The number of benzene rings is 1. The molecule has 16 heavy (non-hydrogen) atoms. The maximum absolute atomic E-state index is 11.1. The number of ether oxygens (including phenoxy) is 1. The predicted octanol–water partition coefficient (Wildman–Crippen LogP) is 2.42. The Labute approximate surface area is 94.8 Å². The van der Waals surface area contributed by atoms with Crippen molar-refractivity contribution in [2.45, 2.75) is 13.5 Å². The Morgan fingerprint density at radius 1 is 1.38 bits per heavy atom. The lowest BCUT2D eigenvalue weighted by molar-refractivity contribution is 0.0362. The number of hydrogen-bond donors (Lipinski definition) is 1. The van der Waals surface area contributed by atoms with E-state index in [0.717, 1.165) is 11.1 Å². The Bertz CT molecular complexity index is 349. The van der Waals surface area contributed by atoms with Gasteiger partial charge in [-0.1, -0.05) is 42.5 Å². The fraction of sp³-hybridized carbons (Fsp3) is 0.250. The standard InChI is InChI=1S/C12H15NO3/c1-10(2)8-16-13-12(14)15-9-11-6-4-3-5-7-11/h3-7H,1,8-9H2,2H3,(H,13,14). The van der Waals surface area contributed by atoms with E-state index in [4.69, 9.17) is 9.57 Å². The normalized spacial score (nSPS) is 9.56. The molecule has 0 fully saturated rings. The zero-order chi connectivity index (χ0) is 11.8. The smallest absolute Gasteiger partial charge is 0.431 e. The summed E-state index contributed by atoms with van der Waals surface area (Å²) in [6.45, 7) is 5.93. The van der Waals surface area contributed by atoms with Crippen LogP contribution >= 0.6 is 0 Å². The van der Waals surface area contributed by atoms with Gasteiger partial charge in [-0.15, -0.1) is 0 Å². The van der Waals surface area contributed by atoms with Crippen molar-refractivity contribution in [2.24, 2.45) is 0 Å². The molecule has 0 atom stereocenters. The van der Waals surface area contributed by atoms with Crippen molar-refractivity contribution in [1.29, 1.82) is 0 Å². The van der Waals surface area contributed by atoms with Gasteiger partial charge >= 0.3 is 6.09 Å². The Morgan fingerprint density at radius 3 is 2.69 bits per heavy atom. The van der Waals surface area contributed by atoms with Gasteiger partial charge in [-0.3, -0.25) is 4.84 Å². The fourth-order valence-corrected chi connectivity index (χ4v) is 0.971. The second-order valence-electron chi connectivity index (χ2n) is 3.41. The molecular weight excluding hydrogens is 206 g/mol. The Kier molecular flexibility index (Phi) is 5.08. The van der Waals surface area contributed by atoms with E-state index < -0.39 is 6.09 Å². The molecule has 1 rings (SSSR count). The summed E-state index contributed by atoms with van der Waals surface area (Å²) >= 11 is 0. The second-order valence-corrected chi connectivity index (χ2v) is 3.41. The van der Waals surface area contributed by atoms with Crippen molar-refractivity contribution in [2.75, 3.05) is 6.61 Å². The predicted molar refractivity (Wildman–Crippen MR) is 60.5 cm³/mol. The molecule has 0 aliphatic rings. The first-order valence-corrected chi connectivity index (χ1v) is 4.91. The van der Waals surface area contributed by atoms with Crippen molar-refractivity contribution in [3.63, 3.8) is 0 Å². The average Bonchev–Trinajstić information content (AvgIpc) is 2.27. The summed E-state index contributed by atoms with van der Waals surface area (Å²) in [7, 11) is 0. The molecule has 1 amide bonds. The Balaban J connectivity index is 2.18. The van der Waals surface area contributed by atoms with Gasteiger partial charge in [0.2, 0.25) is 0 Å². The molecule has 1 N–H and O–H groups in total. The van der Waals surface area contributed by atoms with Gasteiger partial charge in [0.05, 0.1) is 6.61 Å². The van der Waals surface area contributed by atoms with Gasteiger partial charge in [0.25, 0.3) is 0 Å². The van der Waals surface area contributed by atoms with Crippen LogP contribution in [0.3, 0.4) is 0 Å². The minimum Gasteiger partial charge on any atom is -0.443 e. The molecular formula is C12H15NO3. The number of hydrogen-bond acceptors (Lipinski definition) is 3. The van der Waals surface area contributed by atoms with E-state index in [1.54, 1.807) is 6.92 Å². The summed E-state index contributed by atoms with van der Waals surface area (Å²) in [5.41, 5.74) is 3.91. The number of carbonyl (C=O) groups excluding carboxylic acids is 1. The highest BCUT2D eigenvalue weighted by atomic mass is 16.7. The maximum Gasteiger partial charge on any atom is 0.431 e. The lowest BCUT2D eigenvalue weighted by atomic mass is 10.2. The van der Waals surface area contributed by atoms with Gasteiger partial charge in [-0.25, -0.2) is 4.79 Å². The van der Waals surface area contributed by atoms with Crippen LogP contribution < -0.4 is 5.48 Å². The van der Waals surface area contributed by atoms with Gasteiger partial charge < -0.3 is 4.74 Å². The zero-order valence-electron chi connectivity index (χ0n) is 9.23. The summed E-state index contributed by atoms with van der Waals surface area (Å²) in [6.07, 6.45) is -0.606. The molecule has 86 valence electrons. The van der Waals surface area contributed by atoms with Crippen LogP contribution in [-0.2, 0) is 16.2 Å². The number of carbonyl (C=O) groups is 1. The van der Waals surface area contributed by atoms with E-state index in [1.807, 2.05) is 30.3 Å². The monoisotopic (exact) mass is 221 g/mol. The van der Waals surface area contributed by atoms with Gasteiger partial charge in [-0.05, 0) is 12.5 Å². The zero-order valence-corrected chi connectivity index (χ0v) is 9.23. The third-order valence-corrected chi connectivity index (χ3v) is 1.69. The SMILES string of the molecule is C=C(C)CONC(=O)OCc1ccccc1. The summed E-state index contributed by atoms with van der Waals surface area (Å²) in [6, 6.07) is 9.42. The van der Waals surface area contributed by atoms with Crippen molar-refractivity contribution in [3.8, 4) is 0 Å². The summed E-state index contributed by atoms with van der Waals surface area (Å²) in [5, 5.41) is 0. The molecule has 1 aromatic rings. The van der Waals surface area contributed by atoms with Crippen molar-refractivity contribution in [3.05, 3.63) is 48.0 Å². The lowest BCUT2D eigenvalue weighted by Gasteiger charge is -2.06. The molecule has 4 nitrogen and oxygen atoms in total. The van der Waals surface area contributed by atoms with Crippen molar-refractivity contribution < 1.29 is 14.4 Å². The van der Waals surface area contributed by atoms with E-state index in [1.165, 1.54) is 0 Å². The first-order valence-electron chi connectivity index (χ1n) is 4.91. The van der Waals surface area contributed by atoms with Crippen LogP contribution in [0.2, 0.25) is 0 Å². The lowest BCUT2D eigenvalue weighted by Crippen LogP contribution is -2.25. The summed E-state index contributed by atoms with van der Waals surface area (Å²) < 4.78 is 4.91. The van der Waals surface area contributed by atoms with Crippen LogP contribution in [-0.4, -0.2) is 12.7 Å². The second kappa shape index (κ2) is 6.63. The van der Waals surface area contributed by atoms with E-state index in [2.05, 4.69) is 12.1 Å². The first-order chi connectivity index (χ1) is 7.68. The molecule has 0 heterocycles. The third-order valence-electron chi connectivity index (χ3n) is 1.69. The molecule has 0 aromatic heterocycles. The number of hydroxylamine groups is 1. The Morgan fingerprint density at radius 2 is 2.06 bits per heavy atom. The molecule has 0 saturated heterocycles. The average molecular weight is 221 g/mol. The van der Waals surface area contributed by atoms with E-state index in [0.29, 0.717) is 0 Å². The van der Waals surface area contributed by atoms with Crippen molar-refractivity contribution in [1.82, 2.24) is 5.48 Å². The van der Waals surface area contributed by atoms with Gasteiger partial charge in [0, 0.05) is 0 Å². The Hall–Kier alpha value is -1.81. The molecule has 4 heteroatoms. The quantitative estimate of drug-likeness (QED) is 0.613. The first kappa shape index (κ1) is 12.3. The van der Waals surface area contributed by atoms with Gasteiger partial charge in [-0.2, -0.15) is 5.48 Å². The highest BCUT2D eigenvalue weighted by Gasteiger charge is 2.01. The van der Waals surface area contributed by atoms with E-state index >= 15 is 0 Å². The van der Waals surface area contributed by atoms with Crippen LogP contribution in [0.4, 0.5) is 4.79 Å². The van der Waals surface area contributed by atoms with Gasteiger partial charge in [0.15, 0.2) is 0 Å². The highest BCUT2D eigenvalue weighted by Crippen LogP contribution is 2.00. The molecule has 0 aliphatic heterocycles. The van der Waals surface area contributed by atoms with E-state index in [9.17, 15) is 4.79 Å². The fourth-order valence-electron chi connectivity index (χ4n) is 0.971. The minimum absolute atomic E-state index is 0.225. The molecule has 0 bridgehead atoms. The molecule has 1 aromatic carbocycles. The van der Waals surface area contributed by atoms with E-state index in [-0.39, 0.29) is 13.2 Å². The number of nitrogens with one attached hydrogen (secondary N) is 1. The number of rotatable bonds is 5. The number of amides is 1. The van der Waals surface area contributed by atoms with Crippen LogP contribution in [0.1, 0.15) is 12.5 Å². The van der Waals surface area contributed by atoms with Gasteiger partial charge in [0.1, 0.15) is 6.61 Å². The molecule has 0 radical (unpaired) electrons. The summed E-state index contributed by atoms with van der Waals surface area (Å²) in [4.78, 5) is 15.9. The van der Waals surface area contributed by atoms with Crippen LogP contribution in [0.15, 0.2) is 42.5 Å². The third kappa shape index (κ3) is 5.17. The maximum atomic E-state index is 11.1. The van der Waals surface area contributed by atoms with Crippen LogP contribution in [0.25, 0.3) is 0 Å². The minimum atomic E-state index is -0.606. The molecule has 0 saturated carbocycles. The van der Waals surface area contributed by atoms with Crippen LogP contribution in [0.5, 0.6) is 0 Å². The van der Waals surface area contributed by atoms with Crippen LogP contribution in [0, 0.1) is 0 Å². The molecule has 0 aliphatic carbocycles. The summed E-state index contributed by atoms with van der Waals surface area (Å²) in [5.74, 6) is 0. The molecule has 0 unspecified atom stereocenters. The highest BCUT2D eigenvalue weighted by molar-refractivity contribution is 5.65. The molecule has 0 spiro atoms. The largest absolute Gasteiger partial charge is 0.443 e. The topological polar surface area (TPSA) is 47.6 Å². The van der Waals surface area contributed by atoms with Crippen molar-refractivity contribution >= 4 is 6.09 Å².